The van der Waals surface area contributed by atoms with Gasteiger partial charge < -0.3 is 15.7 Å². The zero-order valence-electron chi connectivity index (χ0n) is 11.0. The number of hydrogen-bond acceptors (Lipinski definition) is 3. The van der Waals surface area contributed by atoms with Gasteiger partial charge in [-0.25, -0.2) is 4.79 Å². The minimum atomic E-state index is -4.39. The van der Waals surface area contributed by atoms with Crippen LogP contribution in [-0.2, 0) is 9.59 Å². The highest BCUT2D eigenvalue weighted by Crippen LogP contribution is 2.26. The summed E-state index contributed by atoms with van der Waals surface area (Å²) in [6.45, 7) is -1.82. The van der Waals surface area contributed by atoms with E-state index in [1.807, 2.05) is 5.32 Å². The van der Waals surface area contributed by atoms with Gasteiger partial charge >= 0.3 is 12.1 Å². The Bertz CT molecular complexity index is 341. The van der Waals surface area contributed by atoms with Crippen molar-refractivity contribution in [2.45, 2.75) is 44.3 Å². The lowest BCUT2D eigenvalue weighted by Gasteiger charge is -2.28. The topological polar surface area (TPSA) is 78.4 Å². The first-order valence-corrected chi connectivity index (χ1v) is 6.59. The summed E-state index contributed by atoms with van der Waals surface area (Å²) in [5.41, 5.74) is 0. The summed E-state index contributed by atoms with van der Waals surface area (Å²) >= 11 is 0. The number of carboxylic acids is 1. The maximum absolute atomic E-state index is 11.9. The van der Waals surface area contributed by atoms with E-state index in [0.717, 1.165) is 19.3 Å². The molecule has 0 bridgehead atoms. The average Bonchev–Trinajstić information content (AvgIpc) is 2.35. The van der Waals surface area contributed by atoms with E-state index in [9.17, 15) is 22.8 Å². The maximum atomic E-state index is 11.9. The maximum Gasteiger partial charge on any atom is 0.401 e. The van der Waals surface area contributed by atoms with E-state index in [0.29, 0.717) is 12.8 Å². The largest absolute Gasteiger partial charge is 0.480 e. The van der Waals surface area contributed by atoms with Crippen molar-refractivity contribution >= 4 is 11.9 Å². The number of rotatable bonds is 6. The fourth-order valence-electron chi connectivity index (χ4n) is 2.39. The smallest absolute Gasteiger partial charge is 0.401 e. The number of amides is 1. The Labute approximate surface area is 114 Å². The lowest BCUT2D eigenvalue weighted by atomic mass is 9.84. The molecule has 1 atom stereocenters. The average molecular weight is 296 g/mol. The van der Waals surface area contributed by atoms with Gasteiger partial charge in [0.25, 0.3) is 0 Å². The van der Waals surface area contributed by atoms with Crippen LogP contribution in [0.1, 0.15) is 32.1 Å². The molecule has 1 saturated carbocycles. The molecule has 0 heterocycles. The third-order valence-electron chi connectivity index (χ3n) is 3.31. The fourth-order valence-corrected chi connectivity index (χ4v) is 2.39. The minimum Gasteiger partial charge on any atom is -0.480 e. The first kappa shape index (κ1) is 16.7. The van der Waals surface area contributed by atoms with Gasteiger partial charge in [0.05, 0.1) is 13.1 Å². The summed E-state index contributed by atoms with van der Waals surface area (Å²) in [7, 11) is 0. The van der Waals surface area contributed by atoms with E-state index in [1.165, 1.54) is 0 Å². The van der Waals surface area contributed by atoms with Crippen LogP contribution in [0.5, 0.6) is 0 Å². The minimum absolute atomic E-state index is 0.146. The van der Waals surface area contributed by atoms with E-state index in [2.05, 4.69) is 5.32 Å². The first-order chi connectivity index (χ1) is 9.29. The van der Waals surface area contributed by atoms with E-state index in [1.54, 1.807) is 0 Å². The molecule has 5 nitrogen and oxygen atoms in total. The molecule has 0 aromatic rings. The molecule has 1 aliphatic carbocycles. The van der Waals surface area contributed by atoms with E-state index in [4.69, 9.17) is 5.11 Å². The van der Waals surface area contributed by atoms with Crippen molar-refractivity contribution in [3.8, 4) is 0 Å². The predicted octanol–water partition coefficient (Wildman–Crippen LogP) is 1.29. The lowest BCUT2D eigenvalue weighted by molar-refractivity contribution is -0.144. The van der Waals surface area contributed by atoms with E-state index in [-0.39, 0.29) is 5.92 Å². The van der Waals surface area contributed by atoms with Crippen LogP contribution in [-0.4, -0.2) is 42.3 Å². The summed E-state index contributed by atoms with van der Waals surface area (Å²) in [6.07, 6.45) is -0.0898. The van der Waals surface area contributed by atoms with Gasteiger partial charge in [-0.05, 0) is 18.8 Å². The molecular formula is C12H19F3N2O3. The van der Waals surface area contributed by atoms with Crippen LogP contribution in [0.15, 0.2) is 0 Å². The Morgan fingerprint density at radius 1 is 1.20 bits per heavy atom. The standard InChI is InChI=1S/C12H19F3N2O3/c13-12(14,15)7-16-6-9(18)17-10(11(19)20)8-4-2-1-3-5-8/h8,10,16H,1-7H2,(H,17,18)(H,19,20). The van der Waals surface area contributed by atoms with Gasteiger partial charge in [-0.15, -0.1) is 0 Å². The molecule has 0 aromatic carbocycles. The second-order valence-electron chi connectivity index (χ2n) is 5.00. The number of alkyl halides is 3. The number of carboxylic acid groups (broad SMARTS) is 1. The van der Waals surface area contributed by atoms with E-state index < -0.39 is 37.2 Å². The molecule has 0 saturated heterocycles. The first-order valence-electron chi connectivity index (χ1n) is 6.59. The molecule has 1 rings (SSSR count). The number of nitrogens with one attached hydrogen (secondary N) is 2. The molecular weight excluding hydrogens is 277 g/mol. The molecule has 0 aliphatic heterocycles. The Balaban J connectivity index is 2.41. The second-order valence-corrected chi connectivity index (χ2v) is 5.00. The number of carbonyl (C=O) groups is 2. The molecule has 116 valence electrons. The van der Waals surface area contributed by atoms with Gasteiger partial charge in [0.2, 0.25) is 5.91 Å². The van der Waals surface area contributed by atoms with Gasteiger partial charge in [0.15, 0.2) is 0 Å². The molecule has 0 radical (unpaired) electrons. The molecule has 1 aliphatic rings. The summed E-state index contributed by atoms with van der Waals surface area (Å²) in [4.78, 5) is 22.6. The highest BCUT2D eigenvalue weighted by molar-refractivity contribution is 5.84. The van der Waals surface area contributed by atoms with Crippen LogP contribution in [0.25, 0.3) is 0 Å². The molecule has 0 aromatic heterocycles. The van der Waals surface area contributed by atoms with Crippen molar-refractivity contribution in [2.24, 2.45) is 5.92 Å². The van der Waals surface area contributed by atoms with Crippen LogP contribution in [0.4, 0.5) is 13.2 Å². The van der Waals surface area contributed by atoms with Crippen molar-refractivity contribution in [3.05, 3.63) is 0 Å². The molecule has 8 heteroatoms. The summed E-state index contributed by atoms with van der Waals surface area (Å²) in [5.74, 6) is -2.01. The SMILES string of the molecule is O=C(CNCC(F)(F)F)NC(C(=O)O)C1CCCCC1. The van der Waals surface area contributed by atoms with Crippen molar-refractivity contribution in [2.75, 3.05) is 13.1 Å². The van der Waals surface area contributed by atoms with Crippen LogP contribution >= 0.6 is 0 Å². The third kappa shape index (κ3) is 6.23. The summed E-state index contributed by atoms with van der Waals surface area (Å²) < 4.78 is 35.7. The summed E-state index contributed by atoms with van der Waals surface area (Å²) in [6, 6.07) is -1.02. The monoisotopic (exact) mass is 296 g/mol. The molecule has 1 amide bonds. The van der Waals surface area contributed by atoms with Crippen LogP contribution in [0, 0.1) is 5.92 Å². The normalized spacial score (nSPS) is 18.6. The number of carbonyl (C=O) groups excluding carboxylic acids is 1. The van der Waals surface area contributed by atoms with Crippen LogP contribution < -0.4 is 10.6 Å². The van der Waals surface area contributed by atoms with Crippen LogP contribution in [0.3, 0.4) is 0 Å². The Kier molecular flexibility index (Phi) is 6.25. The predicted molar refractivity (Wildman–Crippen MR) is 65.1 cm³/mol. The van der Waals surface area contributed by atoms with Gasteiger partial charge in [-0.3, -0.25) is 4.79 Å². The van der Waals surface area contributed by atoms with Gasteiger partial charge in [-0.2, -0.15) is 13.2 Å². The van der Waals surface area contributed by atoms with Crippen molar-refractivity contribution in [1.82, 2.24) is 10.6 Å². The zero-order chi connectivity index (χ0) is 15.2. The second kappa shape index (κ2) is 7.47. The third-order valence-corrected chi connectivity index (χ3v) is 3.31. The number of aliphatic carboxylic acids is 1. The van der Waals surface area contributed by atoms with Crippen molar-refractivity contribution in [3.63, 3.8) is 0 Å². The molecule has 20 heavy (non-hydrogen) atoms. The highest BCUT2D eigenvalue weighted by atomic mass is 19.4. The molecule has 1 unspecified atom stereocenters. The number of hydrogen-bond donors (Lipinski definition) is 3. The fraction of sp³-hybridized carbons (Fsp3) is 0.833. The van der Waals surface area contributed by atoms with E-state index >= 15 is 0 Å². The van der Waals surface area contributed by atoms with Crippen molar-refractivity contribution < 1.29 is 27.9 Å². The zero-order valence-corrected chi connectivity index (χ0v) is 11.0. The quantitative estimate of drug-likeness (QED) is 0.690. The van der Waals surface area contributed by atoms with Gasteiger partial charge in [0.1, 0.15) is 6.04 Å². The van der Waals surface area contributed by atoms with Gasteiger partial charge in [0, 0.05) is 0 Å². The lowest BCUT2D eigenvalue weighted by Crippen LogP contribution is -2.49. The Morgan fingerprint density at radius 3 is 2.30 bits per heavy atom. The number of halogens is 3. The molecule has 3 N–H and O–H groups in total. The highest BCUT2D eigenvalue weighted by Gasteiger charge is 2.31. The van der Waals surface area contributed by atoms with Gasteiger partial charge in [-0.1, -0.05) is 19.3 Å². The Hall–Kier alpha value is -1.31. The van der Waals surface area contributed by atoms with Crippen molar-refractivity contribution in [1.29, 1.82) is 0 Å². The van der Waals surface area contributed by atoms with Crippen LogP contribution in [0.2, 0.25) is 0 Å². The molecule has 1 fully saturated rings. The Morgan fingerprint density at radius 2 is 1.80 bits per heavy atom. The summed E-state index contributed by atoms with van der Waals surface area (Å²) in [5, 5.41) is 13.4. The molecule has 0 spiro atoms.